The van der Waals surface area contributed by atoms with Crippen molar-refractivity contribution in [3.8, 4) is 5.75 Å². The normalized spacial score (nSPS) is 18.6. The molecule has 0 aliphatic carbocycles. The second kappa shape index (κ2) is 6.38. The lowest BCUT2D eigenvalue weighted by molar-refractivity contribution is 0.150. The second-order valence-electron chi connectivity index (χ2n) is 4.36. The summed E-state index contributed by atoms with van der Waals surface area (Å²) in [6, 6.07) is 5.75. The van der Waals surface area contributed by atoms with Crippen LogP contribution in [0.4, 0.5) is 0 Å². The quantitative estimate of drug-likeness (QED) is 0.868. The van der Waals surface area contributed by atoms with Gasteiger partial charge in [0.2, 0.25) is 0 Å². The van der Waals surface area contributed by atoms with Gasteiger partial charge in [0.25, 0.3) is 0 Å². The maximum Gasteiger partial charge on any atom is 0.125 e. The van der Waals surface area contributed by atoms with Gasteiger partial charge in [-0.2, -0.15) is 0 Å². The summed E-state index contributed by atoms with van der Waals surface area (Å²) in [5, 5.41) is 7.45. The van der Waals surface area contributed by atoms with Crippen LogP contribution in [0.3, 0.4) is 0 Å². The summed E-state index contributed by atoms with van der Waals surface area (Å²) < 4.78 is 5.43. The van der Waals surface area contributed by atoms with E-state index in [1.807, 2.05) is 25.2 Å². The minimum atomic E-state index is 0.140. The van der Waals surface area contributed by atoms with Crippen LogP contribution in [0.25, 0.3) is 0 Å². The average molecular weight is 270 g/mol. The standard InChI is InChI=1S/C13H20ClN3O/c1-15-13(17-7-5-16-6-8-17)11-9-10(14)3-4-12(11)18-2/h3-4,9,13,15-16H,5-8H2,1-2H3. The monoisotopic (exact) mass is 269 g/mol. The first-order valence-corrected chi connectivity index (χ1v) is 6.59. The lowest BCUT2D eigenvalue weighted by Crippen LogP contribution is -2.48. The summed E-state index contributed by atoms with van der Waals surface area (Å²) in [7, 11) is 3.66. The van der Waals surface area contributed by atoms with Gasteiger partial charge in [0, 0.05) is 36.8 Å². The van der Waals surface area contributed by atoms with Crippen LogP contribution >= 0.6 is 11.6 Å². The second-order valence-corrected chi connectivity index (χ2v) is 4.80. The number of nitrogens with one attached hydrogen (secondary N) is 2. The van der Waals surface area contributed by atoms with Crippen LogP contribution in [0.15, 0.2) is 18.2 Å². The molecule has 0 saturated carbocycles. The smallest absolute Gasteiger partial charge is 0.125 e. The van der Waals surface area contributed by atoms with Gasteiger partial charge in [-0.1, -0.05) is 11.6 Å². The Labute approximate surface area is 113 Å². The van der Waals surface area contributed by atoms with Crippen molar-refractivity contribution >= 4 is 11.6 Å². The minimum absolute atomic E-state index is 0.140. The van der Waals surface area contributed by atoms with E-state index in [0.29, 0.717) is 0 Å². The molecule has 0 amide bonds. The Kier molecular flexibility index (Phi) is 4.83. The molecule has 1 aliphatic heterocycles. The molecule has 1 unspecified atom stereocenters. The average Bonchev–Trinajstić information content (AvgIpc) is 2.41. The van der Waals surface area contributed by atoms with E-state index in [-0.39, 0.29) is 6.17 Å². The lowest BCUT2D eigenvalue weighted by Gasteiger charge is -2.35. The summed E-state index contributed by atoms with van der Waals surface area (Å²) in [6.07, 6.45) is 0.140. The van der Waals surface area contributed by atoms with Crippen LogP contribution in [-0.4, -0.2) is 45.2 Å². The van der Waals surface area contributed by atoms with Gasteiger partial charge in [-0.05, 0) is 25.2 Å². The van der Waals surface area contributed by atoms with Crippen LogP contribution in [0.1, 0.15) is 11.7 Å². The lowest BCUT2D eigenvalue weighted by atomic mass is 10.1. The zero-order valence-electron chi connectivity index (χ0n) is 10.9. The first-order chi connectivity index (χ1) is 8.76. The number of rotatable bonds is 4. The molecular weight excluding hydrogens is 250 g/mol. The molecule has 5 heteroatoms. The van der Waals surface area contributed by atoms with Crippen molar-refractivity contribution in [2.24, 2.45) is 0 Å². The summed E-state index contributed by atoms with van der Waals surface area (Å²) >= 11 is 6.10. The van der Waals surface area contributed by atoms with Gasteiger partial charge in [-0.15, -0.1) is 0 Å². The summed E-state index contributed by atoms with van der Waals surface area (Å²) in [6.45, 7) is 4.06. The number of halogens is 1. The molecule has 1 fully saturated rings. The van der Waals surface area contributed by atoms with E-state index < -0.39 is 0 Å². The molecular formula is C13H20ClN3O. The highest BCUT2D eigenvalue weighted by Gasteiger charge is 2.23. The van der Waals surface area contributed by atoms with E-state index in [4.69, 9.17) is 16.3 Å². The Bertz CT molecular complexity index is 394. The number of ether oxygens (including phenoxy) is 1. The van der Waals surface area contributed by atoms with Gasteiger partial charge in [0.1, 0.15) is 5.75 Å². The Balaban J connectivity index is 2.27. The Morgan fingerprint density at radius 2 is 2.11 bits per heavy atom. The molecule has 1 aromatic carbocycles. The predicted octanol–water partition coefficient (Wildman–Crippen LogP) is 1.47. The molecule has 1 aliphatic rings. The van der Waals surface area contributed by atoms with Crippen LogP contribution < -0.4 is 15.4 Å². The molecule has 18 heavy (non-hydrogen) atoms. The summed E-state index contributed by atoms with van der Waals surface area (Å²) in [5.74, 6) is 0.872. The first-order valence-electron chi connectivity index (χ1n) is 6.21. The minimum Gasteiger partial charge on any atom is -0.496 e. The van der Waals surface area contributed by atoms with Gasteiger partial charge in [0.15, 0.2) is 0 Å². The molecule has 0 bridgehead atoms. The Hall–Kier alpha value is -0.810. The van der Waals surface area contributed by atoms with Gasteiger partial charge in [0.05, 0.1) is 13.3 Å². The molecule has 4 nitrogen and oxygen atoms in total. The third kappa shape index (κ3) is 2.95. The van der Waals surface area contributed by atoms with Gasteiger partial charge in [-0.3, -0.25) is 4.90 Å². The zero-order valence-corrected chi connectivity index (χ0v) is 11.6. The fourth-order valence-electron chi connectivity index (χ4n) is 2.39. The molecule has 0 radical (unpaired) electrons. The van der Waals surface area contributed by atoms with E-state index in [1.165, 1.54) is 0 Å². The number of methoxy groups -OCH3 is 1. The topological polar surface area (TPSA) is 36.5 Å². The van der Waals surface area contributed by atoms with Crippen molar-refractivity contribution in [1.29, 1.82) is 0 Å². The SMILES string of the molecule is CNC(c1cc(Cl)ccc1OC)N1CCNCC1. The predicted molar refractivity (Wildman–Crippen MR) is 74.2 cm³/mol. The molecule has 2 N–H and O–H groups in total. The number of nitrogens with zero attached hydrogens (tertiary/aromatic N) is 1. The first kappa shape index (κ1) is 13.6. The fraction of sp³-hybridized carbons (Fsp3) is 0.538. The fourth-order valence-corrected chi connectivity index (χ4v) is 2.57. The van der Waals surface area contributed by atoms with E-state index in [0.717, 1.165) is 42.5 Å². The van der Waals surface area contributed by atoms with E-state index in [2.05, 4.69) is 15.5 Å². The molecule has 1 heterocycles. The maximum atomic E-state index is 6.10. The highest BCUT2D eigenvalue weighted by atomic mass is 35.5. The van der Waals surface area contributed by atoms with E-state index >= 15 is 0 Å². The third-order valence-corrected chi connectivity index (χ3v) is 3.51. The number of hydrogen-bond donors (Lipinski definition) is 2. The molecule has 0 spiro atoms. The number of hydrogen-bond acceptors (Lipinski definition) is 4. The molecule has 0 aromatic heterocycles. The molecule has 1 aromatic rings. The van der Waals surface area contributed by atoms with Gasteiger partial charge >= 0.3 is 0 Å². The Morgan fingerprint density at radius 1 is 1.39 bits per heavy atom. The van der Waals surface area contributed by atoms with E-state index in [1.54, 1.807) is 7.11 Å². The van der Waals surface area contributed by atoms with Crippen molar-refractivity contribution in [3.63, 3.8) is 0 Å². The summed E-state index contributed by atoms with van der Waals surface area (Å²) in [5.41, 5.74) is 1.09. The van der Waals surface area contributed by atoms with Crippen LogP contribution in [0.5, 0.6) is 5.75 Å². The molecule has 1 saturated heterocycles. The summed E-state index contributed by atoms with van der Waals surface area (Å²) in [4.78, 5) is 2.39. The number of piperazine rings is 1. The van der Waals surface area contributed by atoms with Crippen molar-refractivity contribution in [1.82, 2.24) is 15.5 Å². The molecule has 100 valence electrons. The van der Waals surface area contributed by atoms with Crippen molar-refractivity contribution in [2.75, 3.05) is 40.3 Å². The van der Waals surface area contributed by atoms with Gasteiger partial charge in [-0.25, -0.2) is 0 Å². The van der Waals surface area contributed by atoms with E-state index in [9.17, 15) is 0 Å². The Morgan fingerprint density at radius 3 is 2.72 bits per heavy atom. The molecule has 1 atom stereocenters. The maximum absolute atomic E-state index is 6.10. The number of benzene rings is 1. The third-order valence-electron chi connectivity index (χ3n) is 3.28. The highest BCUT2D eigenvalue weighted by molar-refractivity contribution is 6.30. The van der Waals surface area contributed by atoms with Crippen LogP contribution in [0, 0.1) is 0 Å². The highest BCUT2D eigenvalue weighted by Crippen LogP contribution is 2.30. The van der Waals surface area contributed by atoms with Crippen LogP contribution in [0.2, 0.25) is 5.02 Å². The van der Waals surface area contributed by atoms with Gasteiger partial charge < -0.3 is 15.4 Å². The molecule has 2 rings (SSSR count). The van der Waals surface area contributed by atoms with Crippen molar-refractivity contribution < 1.29 is 4.74 Å². The van der Waals surface area contributed by atoms with Crippen molar-refractivity contribution in [3.05, 3.63) is 28.8 Å². The van der Waals surface area contributed by atoms with Crippen LogP contribution in [-0.2, 0) is 0 Å². The largest absolute Gasteiger partial charge is 0.496 e. The van der Waals surface area contributed by atoms with Crippen molar-refractivity contribution in [2.45, 2.75) is 6.17 Å². The zero-order chi connectivity index (χ0) is 13.0.